The molecule has 2 saturated heterocycles. The van der Waals surface area contributed by atoms with Crippen LogP contribution >= 0.6 is 0 Å². The van der Waals surface area contributed by atoms with Crippen LogP contribution in [0.5, 0.6) is 0 Å². The highest BCUT2D eigenvalue weighted by Crippen LogP contribution is 2.31. The normalized spacial score (nSPS) is 16.2. The summed E-state index contributed by atoms with van der Waals surface area (Å²) in [5, 5.41) is 2.84. The van der Waals surface area contributed by atoms with Crippen LogP contribution in [0, 0.1) is 17.5 Å². The van der Waals surface area contributed by atoms with Crippen LogP contribution < -0.4 is 5.32 Å². The van der Waals surface area contributed by atoms with Crippen LogP contribution in [0.2, 0.25) is 0 Å². The number of nitrogens with zero attached hydrogens (tertiary/aromatic N) is 3. The largest absolute Gasteiger partial charge is 0.337 e. The van der Waals surface area contributed by atoms with Gasteiger partial charge in [0.05, 0.1) is 12.1 Å². The van der Waals surface area contributed by atoms with Crippen LogP contribution in [-0.2, 0) is 9.59 Å². The van der Waals surface area contributed by atoms with E-state index in [-0.39, 0.29) is 30.0 Å². The molecule has 0 saturated carbocycles. The maximum atomic E-state index is 14.4. The van der Waals surface area contributed by atoms with Crippen molar-refractivity contribution < 1.29 is 27.6 Å². The summed E-state index contributed by atoms with van der Waals surface area (Å²) in [6.45, 7) is 1.53. The molecule has 0 bridgehead atoms. The lowest BCUT2D eigenvalue weighted by atomic mass is 9.89. The zero-order chi connectivity index (χ0) is 28.2. The number of amides is 3. The molecule has 2 aliphatic heterocycles. The molecule has 3 amide bonds. The van der Waals surface area contributed by atoms with E-state index < -0.39 is 34.6 Å². The van der Waals surface area contributed by atoms with Crippen molar-refractivity contribution in [3.8, 4) is 11.3 Å². The maximum absolute atomic E-state index is 14.4. The highest BCUT2D eigenvalue weighted by molar-refractivity contribution is 5.95. The first kappa shape index (κ1) is 27.4. The van der Waals surface area contributed by atoms with Gasteiger partial charge in [-0.2, -0.15) is 0 Å². The number of carbonyl (C=O) groups is 3. The molecule has 7 nitrogen and oxygen atoms in total. The molecule has 0 atom stereocenters. The number of rotatable bonds is 6. The van der Waals surface area contributed by atoms with Gasteiger partial charge in [0.25, 0.3) is 5.91 Å². The lowest BCUT2D eigenvalue weighted by Gasteiger charge is -2.32. The Morgan fingerprint density at radius 3 is 2.25 bits per heavy atom. The summed E-state index contributed by atoms with van der Waals surface area (Å²) in [6, 6.07) is 13.0. The van der Waals surface area contributed by atoms with E-state index in [0.717, 1.165) is 36.6 Å². The van der Waals surface area contributed by atoms with E-state index in [1.807, 2.05) is 24.3 Å². The Morgan fingerprint density at radius 1 is 0.875 bits per heavy atom. The van der Waals surface area contributed by atoms with Crippen LogP contribution in [-0.4, -0.2) is 58.7 Å². The molecule has 0 unspecified atom stereocenters. The highest BCUT2D eigenvalue weighted by Gasteiger charge is 2.27. The third kappa shape index (κ3) is 6.00. The molecule has 3 heterocycles. The van der Waals surface area contributed by atoms with E-state index in [1.54, 1.807) is 9.80 Å². The second-order valence-corrected chi connectivity index (χ2v) is 10.1. The van der Waals surface area contributed by atoms with E-state index in [0.29, 0.717) is 44.6 Å². The second-order valence-electron chi connectivity index (χ2n) is 10.1. The van der Waals surface area contributed by atoms with Crippen molar-refractivity contribution in [1.29, 1.82) is 0 Å². The molecule has 5 rings (SSSR count). The predicted octanol–water partition coefficient (Wildman–Crippen LogP) is 5.14. The Bertz CT molecular complexity index is 1400. The van der Waals surface area contributed by atoms with Crippen molar-refractivity contribution in [2.45, 2.75) is 38.0 Å². The number of benzene rings is 2. The summed E-state index contributed by atoms with van der Waals surface area (Å²) in [7, 11) is 0. The fraction of sp³-hybridized carbons (Fsp3) is 0.333. The molecular formula is C30H29F3N4O3. The molecule has 0 spiro atoms. The Labute approximate surface area is 230 Å². The van der Waals surface area contributed by atoms with Crippen LogP contribution in [0.4, 0.5) is 18.9 Å². The minimum atomic E-state index is -0.959. The fourth-order valence-electron chi connectivity index (χ4n) is 5.28. The summed E-state index contributed by atoms with van der Waals surface area (Å²) in [6.07, 6.45) is 3.63. The third-order valence-corrected chi connectivity index (χ3v) is 7.47. The van der Waals surface area contributed by atoms with Gasteiger partial charge in [-0.3, -0.25) is 14.4 Å². The number of nitrogens with one attached hydrogen (secondary N) is 1. The zero-order valence-corrected chi connectivity index (χ0v) is 21.8. The monoisotopic (exact) mass is 550 g/mol. The van der Waals surface area contributed by atoms with Crippen molar-refractivity contribution in [2.24, 2.45) is 0 Å². The van der Waals surface area contributed by atoms with Crippen molar-refractivity contribution in [1.82, 2.24) is 14.8 Å². The lowest BCUT2D eigenvalue weighted by molar-refractivity contribution is -0.136. The number of piperidine rings is 2. The number of carbonyl (C=O) groups excluding carboxylic acids is 3. The summed E-state index contributed by atoms with van der Waals surface area (Å²) < 4.78 is 42.9. The molecule has 2 fully saturated rings. The Balaban J connectivity index is 1.18. The molecule has 0 radical (unpaired) electrons. The van der Waals surface area contributed by atoms with Crippen LogP contribution in [0.3, 0.4) is 0 Å². The number of hydrogen-bond acceptors (Lipinski definition) is 4. The predicted molar refractivity (Wildman–Crippen MR) is 143 cm³/mol. The molecule has 3 aromatic rings. The zero-order valence-electron chi connectivity index (χ0n) is 21.8. The van der Waals surface area contributed by atoms with Gasteiger partial charge in [-0.15, -0.1) is 0 Å². The minimum Gasteiger partial charge on any atom is -0.337 e. The number of aromatic nitrogens is 1. The molecule has 10 heteroatoms. The van der Waals surface area contributed by atoms with Gasteiger partial charge < -0.3 is 15.1 Å². The first-order chi connectivity index (χ1) is 19.3. The summed E-state index contributed by atoms with van der Waals surface area (Å²) >= 11 is 0. The number of anilines is 1. The van der Waals surface area contributed by atoms with Gasteiger partial charge >= 0.3 is 0 Å². The molecular weight excluding hydrogens is 521 g/mol. The lowest BCUT2D eigenvalue weighted by Crippen LogP contribution is -2.40. The van der Waals surface area contributed by atoms with Gasteiger partial charge in [-0.05, 0) is 73.6 Å². The average Bonchev–Trinajstić information content (AvgIpc) is 2.95. The smallest absolute Gasteiger partial charge is 0.272 e. The Hall–Kier alpha value is -4.21. The van der Waals surface area contributed by atoms with Crippen molar-refractivity contribution >= 4 is 23.4 Å². The van der Waals surface area contributed by atoms with Crippen molar-refractivity contribution in [3.63, 3.8) is 0 Å². The SMILES string of the molecule is O=C(CN1CCCCC1=O)Nc1ccc(C2CCN(C(=O)c3ccc(F)c(-c4c(F)cccc4F)n3)CC2)cc1. The van der Waals surface area contributed by atoms with E-state index in [1.165, 1.54) is 12.1 Å². The van der Waals surface area contributed by atoms with Crippen molar-refractivity contribution in [2.75, 3.05) is 31.5 Å². The van der Waals surface area contributed by atoms with Crippen LogP contribution in [0.15, 0.2) is 54.6 Å². The van der Waals surface area contributed by atoms with E-state index in [2.05, 4.69) is 10.3 Å². The quantitative estimate of drug-likeness (QED) is 0.461. The summed E-state index contributed by atoms with van der Waals surface area (Å²) in [5.41, 5.74) is 0.506. The van der Waals surface area contributed by atoms with Gasteiger partial charge in [-0.25, -0.2) is 18.2 Å². The van der Waals surface area contributed by atoms with Gasteiger partial charge in [0.15, 0.2) is 0 Å². The topological polar surface area (TPSA) is 82.6 Å². The van der Waals surface area contributed by atoms with Gasteiger partial charge in [0.2, 0.25) is 11.8 Å². The number of halogens is 3. The van der Waals surface area contributed by atoms with E-state index in [9.17, 15) is 27.6 Å². The Morgan fingerprint density at radius 2 is 1.57 bits per heavy atom. The average molecular weight is 551 g/mol. The molecule has 2 aliphatic rings. The minimum absolute atomic E-state index is 0.0104. The van der Waals surface area contributed by atoms with Gasteiger partial charge in [-0.1, -0.05) is 18.2 Å². The first-order valence-electron chi connectivity index (χ1n) is 13.4. The fourth-order valence-corrected chi connectivity index (χ4v) is 5.28. The third-order valence-electron chi connectivity index (χ3n) is 7.47. The molecule has 0 aliphatic carbocycles. The maximum Gasteiger partial charge on any atom is 0.272 e. The van der Waals surface area contributed by atoms with E-state index in [4.69, 9.17) is 0 Å². The number of pyridine rings is 1. The standard InChI is InChI=1S/C30H29F3N4O3/c31-22-4-3-5-23(32)28(22)29-24(33)11-12-25(35-29)30(40)36-16-13-20(14-17-36)19-7-9-21(10-8-19)34-26(38)18-37-15-2-1-6-27(37)39/h3-5,7-12,20H,1-2,6,13-18H2,(H,34,38). The Kier molecular flexibility index (Phi) is 8.14. The van der Waals surface area contributed by atoms with Crippen LogP contribution in [0.25, 0.3) is 11.3 Å². The summed E-state index contributed by atoms with van der Waals surface area (Å²) in [4.78, 5) is 44.6. The first-order valence-corrected chi connectivity index (χ1v) is 13.4. The van der Waals surface area contributed by atoms with E-state index >= 15 is 0 Å². The number of likely N-dealkylation sites (tertiary alicyclic amines) is 2. The van der Waals surface area contributed by atoms with Crippen LogP contribution in [0.1, 0.15) is 54.1 Å². The molecule has 2 aromatic carbocycles. The molecule has 1 aromatic heterocycles. The van der Waals surface area contributed by atoms with Crippen molar-refractivity contribution in [3.05, 3.63) is 83.3 Å². The van der Waals surface area contributed by atoms with Gasteiger partial charge in [0.1, 0.15) is 28.8 Å². The number of hydrogen-bond donors (Lipinski definition) is 1. The summed E-state index contributed by atoms with van der Waals surface area (Å²) in [5.74, 6) is -3.29. The molecule has 208 valence electrons. The second kappa shape index (κ2) is 11.9. The van der Waals surface area contributed by atoms with Gasteiger partial charge in [0, 0.05) is 31.7 Å². The molecule has 40 heavy (non-hydrogen) atoms. The highest BCUT2D eigenvalue weighted by atomic mass is 19.1. The molecule has 1 N–H and O–H groups in total.